The average molecular weight is 528 g/mol. The fraction of sp³-hybridized carbons (Fsp3) is 0.444. The number of hydrogen-bond donors (Lipinski definition) is 2. The Bertz CT molecular complexity index is 1480. The number of alkyl halides is 3. The summed E-state index contributed by atoms with van der Waals surface area (Å²) in [6, 6.07) is 10.3. The van der Waals surface area contributed by atoms with E-state index in [2.05, 4.69) is 14.9 Å². The molecule has 2 aromatic carbocycles. The van der Waals surface area contributed by atoms with E-state index in [1.54, 1.807) is 4.57 Å². The Hall–Kier alpha value is -3.44. The maximum atomic E-state index is 13.2. The minimum Gasteiger partial charge on any atom is -0.396 e. The molecule has 2 aliphatic carbocycles. The Morgan fingerprint density at radius 1 is 1.16 bits per heavy atom. The zero-order chi connectivity index (χ0) is 26.7. The van der Waals surface area contributed by atoms with Gasteiger partial charge in [-0.25, -0.2) is 0 Å². The number of aryl methyl sites for hydroxylation is 1. The van der Waals surface area contributed by atoms with E-state index in [-0.39, 0.29) is 29.2 Å². The number of aromatic amines is 1. The Morgan fingerprint density at radius 2 is 1.95 bits per heavy atom. The fourth-order valence-corrected chi connectivity index (χ4v) is 5.49. The molecule has 2 amide bonds. The van der Waals surface area contributed by atoms with E-state index in [0.29, 0.717) is 36.6 Å². The highest BCUT2D eigenvalue weighted by atomic mass is 19.4. The van der Waals surface area contributed by atoms with Crippen LogP contribution in [0, 0.1) is 0 Å². The van der Waals surface area contributed by atoms with Crippen molar-refractivity contribution in [1.82, 2.24) is 14.5 Å². The van der Waals surface area contributed by atoms with Crippen molar-refractivity contribution in [3.8, 4) is 0 Å². The molecule has 6 rings (SSSR count). The largest absolute Gasteiger partial charge is 0.416 e. The van der Waals surface area contributed by atoms with E-state index in [0.717, 1.165) is 50.0 Å². The Morgan fingerprint density at radius 3 is 2.63 bits per heavy atom. The summed E-state index contributed by atoms with van der Waals surface area (Å²) in [4.78, 5) is 37.5. The van der Waals surface area contributed by atoms with Crippen LogP contribution in [0.5, 0.6) is 0 Å². The van der Waals surface area contributed by atoms with Crippen LogP contribution in [0.2, 0.25) is 0 Å². The number of nitrogens with one attached hydrogen (secondary N) is 1. The van der Waals surface area contributed by atoms with E-state index in [4.69, 9.17) is 0 Å². The quantitative estimate of drug-likeness (QED) is 0.514. The van der Waals surface area contributed by atoms with Gasteiger partial charge in [-0.1, -0.05) is 6.07 Å². The molecule has 1 saturated heterocycles. The van der Waals surface area contributed by atoms with Gasteiger partial charge < -0.3 is 19.6 Å². The zero-order valence-corrected chi connectivity index (χ0v) is 20.7. The lowest BCUT2D eigenvalue weighted by Crippen LogP contribution is -2.59. The molecule has 38 heavy (non-hydrogen) atoms. The van der Waals surface area contributed by atoms with Gasteiger partial charge in [-0.05, 0) is 68.5 Å². The van der Waals surface area contributed by atoms with Crippen molar-refractivity contribution in [1.29, 1.82) is 0 Å². The summed E-state index contributed by atoms with van der Waals surface area (Å²) in [7, 11) is 0. The molecule has 0 unspecified atom stereocenters. The second-order valence-corrected chi connectivity index (χ2v) is 10.5. The lowest BCUT2D eigenvalue weighted by atomic mass is 10.1. The highest BCUT2D eigenvalue weighted by Gasteiger charge is 2.56. The van der Waals surface area contributed by atoms with Gasteiger partial charge in [0.25, 0.3) is 5.91 Å². The lowest BCUT2D eigenvalue weighted by Gasteiger charge is -2.42. The molecular weight excluding hydrogens is 499 g/mol. The number of fused-ring (bicyclic) bond motifs is 1. The SMILES string of the molecule is O=C(/N=c1\[nH]c2cc(N3C(=O)CN(C4CC4)CC34CC4)ccc2n1CCCO)c1cccc(C(F)(F)F)c1. The van der Waals surface area contributed by atoms with Crippen molar-refractivity contribution >= 4 is 28.5 Å². The number of piperazine rings is 1. The lowest BCUT2D eigenvalue weighted by molar-refractivity contribution is -0.137. The molecule has 1 aliphatic heterocycles. The predicted octanol–water partition coefficient (Wildman–Crippen LogP) is 3.46. The highest BCUT2D eigenvalue weighted by molar-refractivity contribution is 5.99. The zero-order valence-electron chi connectivity index (χ0n) is 20.7. The van der Waals surface area contributed by atoms with Crippen LogP contribution in [0.15, 0.2) is 47.5 Å². The van der Waals surface area contributed by atoms with E-state index in [9.17, 15) is 27.9 Å². The Kier molecular flexibility index (Phi) is 5.95. The summed E-state index contributed by atoms with van der Waals surface area (Å²) in [6.07, 6.45) is 0.0224. The minimum atomic E-state index is -4.57. The molecule has 2 saturated carbocycles. The van der Waals surface area contributed by atoms with E-state index < -0.39 is 17.6 Å². The molecular formula is C27H28F3N5O3. The van der Waals surface area contributed by atoms with Gasteiger partial charge in [0.1, 0.15) is 0 Å². The number of benzene rings is 2. The van der Waals surface area contributed by atoms with E-state index >= 15 is 0 Å². The molecule has 0 atom stereocenters. The van der Waals surface area contributed by atoms with Crippen LogP contribution < -0.4 is 10.5 Å². The van der Waals surface area contributed by atoms with Gasteiger partial charge in [-0.15, -0.1) is 0 Å². The minimum absolute atomic E-state index is 0.0735. The summed E-state index contributed by atoms with van der Waals surface area (Å²) in [5.41, 5.74) is 1.01. The first-order valence-electron chi connectivity index (χ1n) is 12.9. The molecule has 3 aliphatic rings. The maximum Gasteiger partial charge on any atom is 0.416 e. The van der Waals surface area contributed by atoms with Crippen LogP contribution in [-0.2, 0) is 17.5 Å². The smallest absolute Gasteiger partial charge is 0.396 e. The summed E-state index contributed by atoms with van der Waals surface area (Å²) >= 11 is 0. The molecule has 3 aromatic rings. The number of carbonyl (C=O) groups is 2. The number of carbonyl (C=O) groups excluding carboxylic acids is 2. The summed E-state index contributed by atoms with van der Waals surface area (Å²) in [5, 5.41) is 9.39. The van der Waals surface area contributed by atoms with Crippen molar-refractivity contribution in [2.75, 3.05) is 24.6 Å². The number of rotatable bonds is 6. The van der Waals surface area contributed by atoms with Gasteiger partial charge in [0.05, 0.1) is 28.7 Å². The first-order chi connectivity index (χ1) is 18.2. The number of H-pyrrole nitrogens is 1. The summed E-state index contributed by atoms with van der Waals surface area (Å²) < 4.78 is 41.1. The first-order valence-corrected chi connectivity index (χ1v) is 12.9. The summed E-state index contributed by atoms with van der Waals surface area (Å²) in [5.74, 6) is -0.742. The molecule has 3 fully saturated rings. The number of aliphatic hydroxyl groups is 1. The van der Waals surface area contributed by atoms with Gasteiger partial charge >= 0.3 is 6.18 Å². The van der Waals surface area contributed by atoms with Crippen LogP contribution in [0.4, 0.5) is 18.9 Å². The van der Waals surface area contributed by atoms with Crippen molar-refractivity contribution in [3.05, 3.63) is 59.2 Å². The number of aliphatic hydroxyl groups excluding tert-OH is 1. The molecule has 11 heteroatoms. The van der Waals surface area contributed by atoms with Crippen LogP contribution >= 0.6 is 0 Å². The fourth-order valence-electron chi connectivity index (χ4n) is 5.49. The van der Waals surface area contributed by atoms with Crippen LogP contribution in [0.1, 0.15) is 48.0 Å². The number of aromatic nitrogens is 2. The monoisotopic (exact) mass is 527 g/mol. The molecule has 200 valence electrons. The van der Waals surface area contributed by atoms with E-state index in [1.807, 2.05) is 23.1 Å². The Balaban J connectivity index is 1.37. The second kappa shape index (κ2) is 9.09. The maximum absolute atomic E-state index is 13.2. The van der Waals surface area contributed by atoms with Crippen molar-refractivity contribution in [2.45, 2.75) is 56.4 Å². The number of nitrogens with zero attached hydrogens (tertiary/aromatic N) is 4. The number of anilines is 1. The Labute approximate surface area is 216 Å². The molecule has 0 bridgehead atoms. The van der Waals surface area contributed by atoms with Gasteiger partial charge in [-0.2, -0.15) is 18.2 Å². The van der Waals surface area contributed by atoms with Crippen LogP contribution in [0.25, 0.3) is 11.0 Å². The number of halogens is 3. The molecule has 0 radical (unpaired) electrons. The third-order valence-electron chi connectivity index (χ3n) is 7.67. The standard InChI is InChI=1S/C27H28F3N5O3/c28-27(29,30)18-4-1-3-17(13-18)24(38)32-25-31-21-14-20(7-8-22(21)34(25)11-2-12-36)35-23(37)15-33(19-5-6-19)16-26(35)9-10-26/h1,3-4,7-8,13-14,19,36H,2,5-6,9-12,15-16H2,(H,31,32,38). The van der Waals surface area contributed by atoms with Crippen LogP contribution in [-0.4, -0.2) is 62.6 Å². The molecule has 8 nitrogen and oxygen atoms in total. The molecule has 1 aromatic heterocycles. The van der Waals surface area contributed by atoms with Crippen molar-refractivity contribution in [3.63, 3.8) is 0 Å². The number of hydrogen-bond acceptors (Lipinski definition) is 4. The third kappa shape index (κ3) is 4.54. The molecule has 1 spiro atoms. The highest BCUT2D eigenvalue weighted by Crippen LogP contribution is 2.48. The van der Waals surface area contributed by atoms with E-state index in [1.165, 1.54) is 12.1 Å². The number of amides is 2. The average Bonchev–Trinajstić information content (AvgIpc) is 3.81. The van der Waals surface area contributed by atoms with Gasteiger partial charge in [0.2, 0.25) is 11.5 Å². The van der Waals surface area contributed by atoms with Crippen molar-refractivity contribution < 1.29 is 27.9 Å². The van der Waals surface area contributed by atoms with Crippen LogP contribution in [0.3, 0.4) is 0 Å². The third-order valence-corrected chi connectivity index (χ3v) is 7.67. The van der Waals surface area contributed by atoms with Gasteiger partial charge in [0.15, 0.2) is 0 Å². The van der Waals surface area contributed by atoms with Crippen molar-refractivity contribution in [2.24, 2.45) is 4.99 Å². The van der Waals surface area contributed by atoms with Gasteiger partial charge in [0, 0.05) is 37.0 Å². The summed E-state index contributed by atoms with van der Waals surface area (Å²) in [6.45, 7) is 1.53. The van der Waals surface area contributed by atoms with Gasteiger partial charge in [-0.3, -0.25) is 14.5 Å². The molecule has 2 N–H and O–H groups in total. The second-order valence-electron chi connectivity index (χ2n) is 10.5. The predicted molar refractivity (Wildman–Crippen MR) is 133 cm³/mol. The number of imidazole rings is 1. The normalized spacial score (nSPS) is 20.1. The molecule has 2 heterocycles. The topological polar surface area (TPSA) is 93.9 Å². The first kappa shape index (κ1) is 24.9.